The van der Waals surface area contributed by atoms with Crippen molar-refractivity contribution in [2.24, 2.45) is 0 Å². The maximum Gasteiger partial charge on any atom is 0.209 e. The van der Waals surface area contributed by atoms with Gasteiger partial charge in [0.05, 0.1) is 6.04 Å². The number of rotatable bonds is 7. The summed E-state index contributed by atoms with van der Waals surface area (Å²) in [6.07, 6.45) is 5.40. The van der Waals surface area contributed by atoms with Crippen molar-refractivity contribution in [3.63, 3.8) is 0 Å². The number of aromatic nitrogens is 5. The van der Waals surface area contributed by atoms with Crippen LogP contribution in [0.4, 0.5) is 5.82 Å². The van der Waals surface area contributed by atoms with Crippen LogP contribution in [0, 0.1) is 0 Å². The fraction of sp³-hybridized carbons (Fsp3) is 0.538. The molecule has 106 valence electrons. The molecule has 2 aromatic heterocycles. The van der Waals surface area contributed by atoms with Crippen LogP contribution in [0.3, 0.4) is 0 Å². The zero-order valence-corrected chi connectivity index (χ0v) is 12.3. The smallest absolute Gasteiger partial charge is 0.209 e. The Kier molecular flexibility index (Phi) is 4.15. The fourth-order valence-electron chi connectivity index (χ4n) is 1.84. The van der Waals surface area contributed by atoms with Crippen molar-refractivity contribution in [1.29, 1.82) is 0 Å². The second kappa shape index (κ2) is 6.21. The molecule has 0 aromatic carbocycles. The molecule has 0 radical (unpaired) electrons. The van der Waals surface area contributed by atoms with E-state index < -0.39 is 0 Å². The van der Waals surface area contributed by atoms with Gasteiger partial charge >= 0.3 is 0 Å². The van der Waals surface area contributed by atoms with Crippen molar-refractivity contribution in [1.82, 2.24) is 25.2 Å². The van der Waals surface area contributed by atoms with E-state index >= 15 is 0 Å². The predicted octanol–water partition coefficient (Wildman–Crippen LogP) is 2.52. The highest BCUT2D eigenvalue weighted by molar-refractivity contribution is 7.98. The Morgan fingerprint density at radius 2 is 2.30 bits per heavy atom. The molecular formula is C13H18N6S. The van der Waals surface area contributed by atoms with Gasteiger partial charge in [0, 0.05) is 18.5 Å². The first-order valence-electron chi connectivity index (χ1n) is 6.96. The number of anilines is 1. The molecule has 0 bridgehead atoms. The summed E-state index contributed by atoms with van der Waals surface area (Å²) in [6, 6.07) is 4.64. The SMILES string of the molecule is CCCNc1ccc(CSc2nnnn2C2CC2)cn1. The minimum atomic E-state index is 0.520. The topological polar surface area (TPSA) is 68.5 Å². The number of nitrogens with one attached hydrogen (secondary N) is 1. The summed E-state index contributed by atoms with van der Waals surface area (Å²) in [7, 11) is 0. The summed E-state index contributed by atoms with van der Waals surface area (Å²) in [5, 5.41) is 16.1. The first-order chi connectivity index (χ1) is 9.86. The molecule has 2 heterocycles. The van der Waals surface area contributed by atoms with Gasteiger partial charge in [0.2, 0.25) is 5.16 Å². The summed E-state index contributed by atoms with van der Waals surface area (Å²) >= 11 is 1.67. The molecule has 1 fully saturated rings. The van der Waals surface area contributed by atoms with Crippen LogP contribution in [0.2, 0.25) is 0 Å². The van der Waals surface area contributed by atoms with Crippen LogP contribution in [0.15, 0.2) is 23.5 Å². The van der Waals surface area contributed by atoms with E-state index in [9.17, 15) is 0 Å². The number of nitrogens with zero attached hydrogens (tertiary/aromatic N) is 5. The zero-order valence-electron chi connectivity index (χ0n) is 11.5. The maximum atomic E-state index is 4.40. The van der Waals surface area contributed by atoms with E-state index in [1.54, 1.807) is 11.8 Å². The molecule has 0 amide bonds. The maximum absolute atomic E-state index is 4.40. The van der Waals surface area contributed by atoms with Gasteiger partial charge in [-0.15, -0.1) is 5.10 Å². The van der Waals surface area contributed by atoms with Crippen molar-refractivity contribution in [2.75, 3.05) is 11.9 Å². The molecule has 1 aliphatic rings. The number of thioether (sulfide) groups is 1. The Bertz CT molecular complexity index is 548. The molecule has 0 unspecified atom stereocenters. The average Bonchev–Trinajstić information content (AvgIpc) is 3.23. The van der Waals surface area contributed by atoms with Crippen LogP contribution in [0.25, 0.3) is 0 Å². The number of hydrogen-bond donors (Lipinski definition) is 1. The van der Waals surface area contributed by atoms with Crippen LogP contribution >= 0.6 is 11.8 Å². The van der Waals surface area contributed by atoms with E-state index in [0.717, 1.165) is 29.7 Å². The van der Waals surface area contributed by atoms with E-state index in [0.29, 0.717) is 6.04 Å². The van der Waals surface area contributed by atoms with E-state index in [1.165, 1.54) is 18.4 Å². The van der Waals surface area contributed by atoms with Gasteiger partial charge in [0.25, 0.3) is 0 Å². The van der Waals surface area contributed by atoms with Gasteiger partial charge in [-0.3, -0.25) is 0 Å². The van der Waals surface area contributed by atoms with Crippen molar-refractivity contribution in [3.05, 3.63) is 23.9 Å². The Labute approximate surface area is 122 Å². The molecule has 2 aromatic rings. The average molecular weight is 290 g/mol. The van der Waals surface area contributed by atoms with Crippen molar-refractivity contribution in [3.8, 4) is 0 Å². The van der Waals surface area contributed by atoms with Crippen molar-refractivity contribution in [2.45, 2.75) is 43.1 Å². The predicted molar refractivity (Wildman–Crippen MR) is 78.7 cm³/mol. The molecule has 1 saturated carbocycles. The lowest BCUT2D eigenvalue weighted by molar-refractivity contribution is 0.565. The first kappa shape index (κ1) is 13.4. The van der Waals surface area contributed by atoms with E-state index in [2.05, 4.69) is 38.8 Å². The minimum absolute atomic E-state index is 0.520. The highest BCUT2D eigenvalue weighted by Crippen LogP contribution is 2.36. The Morgan fingerprint density at radius 3 is 3.00 bits per heavy atom. The molecule has 0 saturated heterocycles. The van der Waals surface area contributed by atoms with Gasteiger partial charge in [-0.1, -0.05) is 24.8 Å². The molecule has 3 rings (SSSR count). The summed E-state index contributed by atoms with van der Waals surface area (Å²) in [6.45, 7) is 3.10. The van der Waals surface area contributed by atoms with E-state index in [-0.39, 0.29) is 0 Å². The normalized spacial score (nSPS) is 14.4. The van der Waals surface area contributed by atoms with E-state index in [4.69, 9.17) is 0 Å². The van der Waals surface area contributed by atoms with Crippen LogP contribution in [-0.2, 0) is 5.75 Å². The number of pyridine rings is 1. The Hall–Kier alpha value is -1.63. The standard InChI is InChI=1S/C13H18N6S/c1-2-7-14-12-6-3-10(8-15-12)9-20-13-16-17-18-19(13)11-4-5-11/h3,6,8,11H,2,4-5,7,9H2,1H3,(H,14,15). The second-order valence-electron chi connectivity index (χ2n) is 4.90. The lowest BCUT2D eigenvalue weighted by atomic mass is 10.3. The van der Waals surface area contributed by atoms with Crippen LogP contribution in [0.5, 0.6) is 0 Å². The largest absolute Gasteiger partial charge is 0.370 e. The zero-order chi connectivity index (χ0) is 13.8. The van der Waals surface area contributed by atoms with Crippen LogP contribution < -0.4 is 5.32 Å². The van der Waals surface area contributed by atoms with Gasteiger partial charge < -0.3 is 5.32 Å². The highest BCUT2D eigenvalue weighted by Gasteiger charge is 2.27. The third-order valence-corrected chi connectivity index (χ3v) is 4.11. The monoisotopic (exact) mass is 290 g/mol. The third-order valence-electron chi connectivity index (χ3n) is 3.10. The lowest BCUT2D eigenvalue weighted by Gasteiger charge is -2.05. The highest BCUT2D eigenvalue weighted by atomic mass is 32.2. The summed E-state index contributed by atoms with van der Waals surface area (Å²) in [5.41, 5.74) is 1.18. The summed E-state index contributed by atoms with van der Waals surface area (Å²) in [4.78, 5) is 4.40. The van der Waals surface area contributed by atoms with E-state index in [1.807, 2.05) is 16.9 Å². The molecule has 0 atom stereocenters. The Morgan fingerprint density at radius 1 is 1.40 bits per heavy atom. The Balaban J connectivity index is 1.56. The first-order valence-corrected chi connectivity index (χ1v) is 7.95. The molecule has 0 spiro atoms. The number of tetrazole rings is 1. The molecule has 6 nitrogen and oxygen atoms in total. The molecule has 0 aliphatic heterocycles. The minimum Gasteiger partial charge on any atom is -0.370 e. The molecular weight excluding hydrogens is 272 g/mol. The van der Waals surface area contributed by atoms with Gasteiger partial charge in [-0.25, -0.2) is 9.67 Å². The quantitative estimate of drug-likeness (QED) is 0.790. The van der Waals surface area contributed by atoms with Gasteiger partial charge in [-0.2, -0.15) is 0 Å². The molecule has 7 heteroatoms. The van der Waals surface area contributed by atoms with Crippen LogP contribution in [-0.4, -0.2) is 31.7 Å². The summed E-state index contributed by atoms with van der Waals surface area (Å²) in [5.74, 6) is 1.78. The number of hydrogen-bond acceptors (Lipinski definition) is 6. The van der Waals surface area contributed by atoms with Gasteiger partial charge in [-0.05, 0) is 41.3 Å². The third kappa shape index (κ3) is 3.27. The second-order valence-corrected chi connectivity index (χ2v) is 5.85. The van der Waals surface area contributed by atoms with Crippen molar-refractivity contribution >= 4 is 17.6 Å². The lowest BCUT2D eigenvalue weighted by Crippen LogP contribution is -2.01. The molecule has 1 aliphatic carbocycles. The summed E-state index contributed by atoms with van der Waals surface area (Å²) < 4.78 is 1.94. The van der Waals surface area contributed by atoms with Gasteiger partial charge in [0.15, 0.2) is 0 Å². The fourth-order valence-corrected chi connectivity index (χ4v) is 2.72. The van der Waals surface area contributed by atoms with Gasteiger partial charge in [0.1, 0.15) is 5.82 Å². The van der Waals surface area contributed by atoms with Crippen molar-refractivity contribution < 1.29 is 0 Å². The molecule has 1 N–H and O–H groups in total. The molecule has 20 heavy (non-hydrogen) atoms. The van der Waals surface area contributed by atoms with Crippen LogP contribution in [0.1, 0.15) is 37.8 Å².